The fourth-order valence-corrected chi connectivity index (χ4v) is 3.29. The van der Waals surface area contributed by atoms with Crippen molar-refractivity contribution in [1.29, 1.82) is 0 Å². The maximum absolute atomic E-state index is 12.3. The lowest BCUT2D eigenvalue weighted by Gasteiger charge is -2.18. The van der Waals surface area contributed by atoms with Gasteiger partial charge < -0.3 is 4.74 Å². The van der Waals surface area contributed by atoms with Gasteiger partial charge in [-0.15, -0.1) is 0 Å². The van der Waals surface area contributed by atoms with E-state index in [1.807, 2.05) is 6.92 Å². The maximum Gasteiger partial charge on any atom is 0.334 e. The molecule has 0 bridgehead atoms. The minimum Gasteiger partial charge on any atom is -0.454 e. The molecule has 23 heavy (non-hydrogen) atoms. The van der Waals surface area contributed by atoms with Crippen LogP contribution in [0, 0.1) is 11.8 Å². The van der Waals surface area contributed by atoms with Gasteiger partial charge in [-0.3, -0.25) is 4.79 Å². The molecule has 3 nitrogen and oxygen atoms in total. The number of carbonyl (C=O) groups is 2. The second-order valence-corrected chi connectivity index (χ2v) is 7.05. The number of fused-ring (bicyclic) bond motifs is 1. The Morgan fingerprint density at radius 1 is 1.09 bits per heavy atom. The zero-order valence-corrected chi connectivity index (χ0v) is 14.6. The van der Waals surface area contributed by atoms with Gasteiger partial charge in [0.05, 0.1) is 0 Å². The van der Waals surface area contributed by atoms with Crippen molar-refractivity contribution in [3.63, 3.8) is 0 Å². The van der Waals surface area contributed by atoms with Crippen molar-refractivity contribution in [1.82, 2.24) is 0 Å². The highest BCUT2D eigenvalue weighted by Crippen LogP contribution is 2.34. The monoisotopic (exact) mass is 316 g/mol. The van der Waals surface area contributed by atoms with E-state index in [1.54, 1.807) is 0 Å². The van der Waals surface area contributed by atoms with Gasteiger partial charge in [0.1, 0.15) is 11.9 Å². The largest absolute Gasteiger partial charge is 0.454 e. The first-order chi connectivity index (χ1) is 10.9. The zero-order chi connectivity index (χ0) is 17.0. The van der Waals surface area contributed by atoms with E-state index < -0.39 is 0 Å². The molecule has 3 heteroatoms. The lowest BCUT2D eigenvalue weighted by atomic mass is 9.86. The highest BCUT2D eigenvalue weighted by atomic mass is 16.5. The predicted molar refractivity (Wildman–Crippen MR) is 91.9 cm³/mol. The molecule has 0 N–H and O–H groups in total. The summed E-state index contributed by atoms with van der Waals surface area (Å²) in [6.07, 6.45) is 9.02. The van der Waals surface area contributed by atoms with Crippen LogP contribution in [-0.2, 0) is 14.3 Å². The van der Waals surface area contributed by atoms with Crippen molar-refractivity contribution >= 4 is 11.8 Å². The van der Waals surface area contributed by atoms with Crippen LogP contribution in [0.1, 0.15) is 59.3 Å². The van der Waals surface area contributed by atoms with Gasteiger partial charge in [-0.05, 0) is 52.0 Å². The summed E-state index contributed by atoms with van der Waals surface area (Å²) in [5, 5.41) is 0. The quantitative estimate of drug-likeness (QED) is 0.374. The Kier molecular flexibility index (Phi) is 5.97. The van der Waals surface area contributed by atoms with Gasteiger partial charge >= 0.3 is 5.97 Å². The average Bonchev–Trinajstić information content (AvgIpc) is 2.76. The molecule has 1 aliphatic heterocycles. The van der Waals surface area contributed by atoms with E-state index in [0.29, 0.717) is 17.8 Å². The van der Waals surface area contributed by atoms with Crippen molar-refractivity contribution < 1.29 is 14.3 Å². The molecular formula is C20H28O3. The van der Waals surface area contributed by atoms with Crippen molar-refractivity contribution in [2.75, 3.05) is 0 Å². The number of hydrogen-bond acceptors (Lipinski definition) is 3. The summed E-state index contributed by atoms with van der Waals surface area (Å²) in [7, 11) is 0. The van der Waals surface area contributed by atoms with Crippen LogP contribution >= 0.6 is 0 Å². The molecule has 1 fully saturated rings. The van der Waals surface area contributed by atoms with E-state index in [2.05, 4.69) is 32.6 Å². The summed E-state index contributed by atoms with van der Waals surface area (Å²) in [6, 6.07) is 0. The Hall–Kier alpha value is -1.64. The second kappa shape index (κ2) is 7.76. The number of rotatable bonds is 0. The third-order valence-electron chi connectivity index (χ3n) is 5.06. The number of ketones is 1. The van der Waals surface area contributed by atoms with E-state index in [1.165, 1.54) is 11.1 Å². The number of hydrogen-bond donors (Lipinski definition) is 0. The zero-order valence-electron chi connectivity index (χ0n) is 14.6. The Bertz CT molecular complexity index is 553. The van der Waals surface area contributed by atoms with Gasteiger partial charge in [0.15, 0.2) is 0 Å². The molecule has 2 rings (SSSR count). The average molecular weight is 316 g/mol. The minimum atomic E-state index is -0.289. The maximum atomic E-state index is 12.3. The fourth-order valence-electron chi connectivity index (χ4n) is 3.29. The van der Waals surface area contributed by atoms with E-state index in [4.69, 9.17) is 4.74 Å². The topological polar surface area (TPSA) is 43.4 Å². The summed E-state index contributed by atoms with van der Waals surface area (Å²) in [5.41, 5.74) is 3.09. The van der Waals surface area contributed by atoms with Crippen LogP contribution in [-0.4, -0.2) is 17.9 Å². The molecule has 126 valence electrons. The third-order valence-corrected chi connectivity index (χ3v) is 5.06. The number of esters is 1. The summed E-state index contributed by atoms with van der Waals surface area (Å²) in [6.45, 7) is 10.1. The number of allylic oxidation sites excluding steroid dienone is 3. The van der Waals surface area contributed by atoms with Crippen LogP contribution in [0.25, 0.3) is 0 Å². The van der Waals surface area contributed by atoms with E-state index in [0.717, 1.165) is 32.1 Å². The standard InChI is InChI=1S/C20H28O3/c1-13-6-5-7-14(2)12-19-17(16(4)20(22)23-19)10-9-15(3)18(21)11-8-13/h6,12,15,17,19H,4-5,7-11H2,1-3H3/b13-6+,14-12+/t15-,17-,19-/m0/s1. The van der Waals surface area contributed by atoms with E-state index in [-0.39, 0.29) is 23.9 Å². The highest BCUT2D eigenvalue weighted by molar-refractivity contribution is 5.91. The molecule has 0 amide bonds. The second-order valence-electron chi connectivity index (χ2n) is 7.05. The van der Waals surface area contributed by atoms with Gasteiger partial charge in [0.25, 0.3) is 0 Å². The van der Waals surface area contributed by atoms with Gasteiger partial charge in [-0.2, -0.15) is 0 Å². The van der Waals surface area contributed by atoms with Crippen LogP contribution < -0.4 is 0 Å². The van der Waals surface area contributed by atoms with Gasteiger partial charge in [-0.25, -0.2) is 4.79 Å². The van der Waals surface area contributed by atoms with Crippen LogP contribution in [0.5, 0.6) is 0 Å². The lowest BCUT2D eigenvalue weighted by Crippen LogP contribution is -2.18. The smallest absolute Gasteiger partial charge is 0.334 e. The number of carbonyl (C=O) groups excluding carboxylic acids is 2. The van der Waals surface area contributed by atoms with Crippen molar-refractivity contribution in [3.8, 4) is 0 Å². The van der Waals surface area contributed by atoms with Crippen LogP contribution in [0.2, 0.25) is 0 Å². The molecule has 3 atom stereocenters. The minimum absolute atomic E-state index is 0.00733. The normalized spacial score (nSPS) is 35.4. The van der Waals surface area contributed by atoms with Crippen molar-refractivity contribution in [3.05, 3.63) is 35.5 Å². The van der Waals surface area contributed by atoms with Crippen molar-refractivity contribution in [2.45, 2.75) is 65.4 Å². The molecule has 0 aromatic heterocycles. The van der Waals surface area contributed by atoms with E-state index in [9.17, 15) is 9.59 Å². The molecule has 1 aliphatic carbocycles. The molecule has 1 saturated heterocycles. The highest BCUT2D eigenvalue weighted by Gasteiger charge is 2.37. The van der Waals surface area contributed by atoms with Gasteiger partial charge in [-0.1, -0.05) is 30.7 Å². The fraction of sp³-hybridized carbons (Fsp3) is 0.600. The van der Waals surface area contributed by atoms with E-state index >= 15 is 0 Å². The Balaban J connectivity index is 2.20. The summed E-state index contributed by atoms with van der Waals surface area (Å²) >= 11 is 0. The van der Waals surface area contributed by atoms with Crippen LogP contribution in [0.15, 0.2) is 35.5 Å². The SMILES string of the molecule is C=C1C(=O)O[C@H]2/C=C(\C)CC/C=C(\C)CCC(=O)[C@@H](C)CC[C@@H]12. The number of Topliss-reactive ketones (excluding diaryl/α,β-unsaturated/α-hetero) is 1. The lowest BCUT2D eigenvalue weighted by molar-refractivity contribution is -0.137. The summed E-state index contributed by atoms with van der Waals surface area (Å²) in [4.78, 5) is 24.1. The number of ether oxygens (including phenoxy) is 1. The molecular weight excluding hydrogens is 288 g/mol. The van der Waals surface area contributed by atoms with Crippen LogP contribution in [0.4, 0.5) is 0 Å². The molecule has 0 aromatic carbocycles. The van der Waals surface area contributed by atoms with Crippen LogP contribution in [0.3, 0.4) is 0 Å². The van der Waals surface area contributed by atoms with Gasteiger partial charge in [0, 0.05) is 23.8 Å². The molecule has 2 aliphatic rings. The first-order valence-electron chi connectivity index (χ1n) is 8.64. The Morgan fingerprint density at radius 2 is 1.83 bits per heavy atom. The molecule has 0 radical (unpaired) electrons. The molecule has 0 saturated carbocycles. The Labute approximate surface area is 139 Å². The predicted octanol–water partition coefficient (Wildman–Crippen LogP) is 4.54. The summed E-state index contributed by atoms with van der Waals surface area (Å²) < 4.78 is 5.48. The van der Waals surface area contributed by atoms with Gasteiger partial charge in [0.2, 0.25) is 0 Å². The molecule has 1 heterocycles. The molecule has 0 spiro atoms. The van der Waals surface area contributed by atoms with Crippen molar-refractivity contribution in [2.24, 2.45) is 11.8 Å². The Morgan fingerprint density at radius 3 is 2.57 bits per heavy atom. The first kappa shape index (κ1) is 17.7. The molecule has 0 aromatic rings. The molecule has 0 unspecified atom stereocenters. The summed E-state index contributed by atoms with van der Waals surface area (Å²) in [5.74, 6) is 0.0601. The third kappa shape index (κ3) is 4.66. The first-order valence-corrected chi connectivity index (χ1v) is 8.64.